The molecule has 1 aliphatic heterocycles. The highest BCUT2D eigenvalue weighted by Crippen LogP contribution is 2.31. The molecule has 1 fully saturated rings. The second-order valence-corrected chi connectivity index (χ2v) is 7.35. The number of furan rings is 1. The third kappa shape index (κ3) is 4.34. The van der Waals surface area contributed by atoms with Crippen LogP contribution in [0.2, 0.25) is 5.02 Å². The summed E-state index contributed by atoms with van der Waals surface area (Å²) >= 11 is 5.97. The molecule has 6 nitrogen and oxygen atoms in total. The molecule has 1 aromatic carbocycles. The van der Waals surface area contributed by atoms with E-state index in [0.717, 1.165) is 25.0 Å². The number of hydrogen-bond acceptors (Lipinski definition) is 5. The van der Waals surface area contributed by atoms with Gasteiger partial charge in [-0.2, -0.15) is 18.2 Å². The molecule has 0 radical (unpaired) electrons. The highest BCUT2D eigenvalue weighted by Gasteiger charge is 2.35. The molecule has 1 amide bonds. The summed E-state index contributed by atoms with van der Waals surface area (Å²) in [6.07, 6.45) is -3.04. The van der Waals surface area contributed by atoms with Crippen molar-refractivity contribution in [1.29, 1.82) is 0 Å². The zero-order chi connectivity index (χ0) is 20.6. The van der Waals surface area contributed by atoms with Crippen molar-refractivity contribution in [3.8, 4) is 0 Å². The van der Waals surface area contributed by atoms with Gasteiger partial charge in [0.2, 0.25) is 5.76 Å². The molecular weight excluding hydrogens is 411 g/mol. The smallest absolute Gasteiger partial charge is 0.446 e. The lowest BCUT2D eigenvalue weighted by molar-refractivity contribution is -0.153. The monoisotopic (exact) mass is 427 g/mol. The number of aromatic nitrogens is 1. The van der Waals surface area contributed by atoms with Crippen LogP contribution in [-0.4, -0.2) is 30.5 Å². The highest BCUT2D eigenvalue weighted by atomic mass is 35.5. The summed E-state index contributed by atoms with van der Waals surface area (Å²) in [4.78, 5) is 18.5. The number of amides is 1. The average molecular weight is 428 g/mol. The fourth-order valence-corrected chi connectivity index (χ4v) is 3.45. The second kappa shape index (κ2) is 7.62. The molecule has 2 aromatic heterocycles. The number of halogens is 4. The standard InChI is InChI=1S/C19H17ClF3N3O3/c20-12-1-2-14-13(9-12)25-18(29-14)26-7-5-11(6-8-26)10-24-17(27)15-3-4-16(28-15)19(21,22)23/h1-4,9,11H,5-8,10H2,(H,24,27). The first-order valence-corrected chi connectivity index (χ1v) is 9.43. The zero-order valence-corrected chi connectivity index (χ0v) is 15.9. The van der Waals surface area contributed by atoms with Crippen molar-refractivity contribution in [2.45, 2.75) is 19.0 Å². The number of rotatable bonds is 4. The molecule has 0 spiro atoms. The number of anilines is 1. The number of fused-ring (bicyclic) bond motifs is 1. The normalized spacial score (nSPS) is 15.8. The van der Waals surface area contributed by atoms with Crippen LogP contribution in [0.1, 0.15) is 29.2 Å². The van der Waals surface area contributed by atoms with Gasteiger partial charge in [0.05, 0.1) is 0 Å². The third-order valence-corrected chi connectivity index (χ3v) is 5.12. The zero-order valence-electron chi connectivity index (χ0n) is 15.1. The molecule has 0 unspecified atom stereocenters. The average Bonchev–Trinajstić information content (AvgIpc) is 3.33. The molecule has 4 rings (SSSR count). The molecule has 3 heterocycles. The summed E-state index contributed by atoms with van der Waals surface area (Å²) in [6, 6.07) is 7.56. The summed E-state index contributed by atoms with van der Waals surface area (Å²) in [6.45, 7) is 1.75. The minimum atomic E-state index is -4.61. The summed E-state index contributed by atoms with van der Waals surface area (Å²) in [5.41, 5.74) is 1.36. The van der Waals surface area contributed by atoms with E-state index in [1.54, 1.807) is 18.2 Å². The Morgan fingerprint density at radius 1 is 1.21 bits per heavy atom. The van der Waals surface area contributed by atoms with E-state index in [-0.39, 0.29) is 11.7 Å². The van der Waals surface area contributed by atoms with Crippen LogP contribution in [-0.2, 0) is 6.18 Å². The van der Waals surface area contributed by atoms with Gasteiger partial charge in [0.1, 0.15) is 5.52 Å². The van der Waals surface area contributed by atoms with Gasteiger partial charge in [0.25, 0.3) is 11.9 Å². The van der Waals surface area contributed by atoms with Crippen LogP contribution in [0.15, 0.2) is 39.2 Å². The van der Waals surface area contributed by atoms with Crippen molar-refractivity contribution in [2.75, 3.05) is 24.5 Å². The van der Waals surface area contributed by atoms with E-state index < -0.39 is 17.8 Å². The van der Waals surface area contributed by atoms with E-state index in [4.69, 9.17) is 16.0 Å². The topological polar surface area (TPSA) is 71.5 Å². The molecule has 1 saturated heterocycles. The lowest BCUT2D eigenvalue weighted by Gasteiger charge is -2.30. The quantitative estimate of drug-likeness (QED) is 0.651. The van der Waals surface area contributed by atoms with Crippen LogP contribution in [0.4, 0.5) is 19.2 Å². The predicted molar refractivity (Wildman–Crippen MR) is 100.0 cm³/mol. The number of carbonyl (C=O) groups excluding carboxylic acids is 1. The van der Waals surface area contributed by atoms with E-state index in [1.807, 2.05) is 4.90 Å². The van der Waals surface area contributed by atoms with Crippen molar-refractivity contribution >= 4 is 34.6 Å². The van der Waals surface area contributed by atoms with Crippen molar-refractivity contribution in [3.63, 3.8) is 0 Å². The van der Waals surface area contributed by atoms with Crippen molar-refractivity contribution in [3.05, 3.63) is 46.9 Å². The first-order valence-electron chi connectivity index (χ1n) is 9.06. The van der Waals surface area contributed by atoms with Gasteiger partial charge in [0, 0.05) is 24.7 Å². The number of piperidine rings is 1. The number of hydrogen-bond donors (Lipinski definition) is 1. The second-order valence-electron chi connectivity index (χ2n) is 6.91. The maximum Gasteiger partial charge on any atom is 0.449 e. The van der Waals surface area contributed by atoms with Gasteiger partial charge >= 0.3 is 6.18 Å². The molecule has 29 heavy (non-hydrogen) atoms. The molecule has 3 aromatic rings. The van der Waals surface area contributed by atoms with E-state index >= 15 is 0 Å². The Kier molecular flexibility index (Phi) is 5.16. The lowest BCUT2D eigenvalue weighted by Crippen LogP contribution is -2.38. The Morgan fingerprint density at radius 3 is 2.66 bits per heavy atom. The third-order valence-electron chi connectivity index (χ3n) is 4.88. The summed E-state index contributed by atoms with van der Waals surface area (Å²) in [5.74, 6) is -1.99. The van der Waals surface area contributed by atoms with Crippen molar-refractivity contribution in [2.24, 2.45) is 5.92 Å². The lowest BCUT2D eigenvalue weighted by atomic mass is 9.97. The molecule has 1 N–H and O–H groups in total. The summed E-state index contributed by atoms with van der Waals surface area (Å²) < 4.78 is 48.0. The predicted octanol–water partition coefficient (Wildman–Crippen LogP) is 4.74. The molecule has 154 valence electrons. The SMILES string of the molecule is O=C(NCC1CCN(c2nc3cc(Cl)ccc3o2)CC1)c1ccc(C(F)(F)F)o1. The van der Waals surface area contributed by atoms with E-state index in [0.29, 0.717) is 41.8 Å². The van der Waals surface area contributed by atoms with Crippen molar-refractivity contribution in [1.82, 2.24) is 10.3 Å². The van der Waals surface area contributed by atoms with Crippen molar-refractivity contribution < 1.29 is 26.8 Å². The number of alkyl halides is 3. The van der Waals surface area contributed by atoms with Crippen LogP contribution in [0, 0.1) is 5.92 Å². The number of benzene rings is 1. The van der Waals surface area contributed by atoms with Gasteiger partial charge in [-0.25, -0.2) is 0 Å². The first kappa shape index (κ1) is 19.6. The van der Waals surface area contributed by atoms with Crippen LogP contribution in [0.25, 0.3) is 11.1 Å². The number of nitrogens with zero attached hydrogens (tertiary/aromatic N) is 2. The summed E-state index contributed by atoms with van der Waals surface area (Å²) in [7, 11) is 0. The van der Waals surface area contributed by atoms with E-state index in [9.17, 15) is 18.0 Å². The van der Waals surface area contributed by atoms with Gasteiger partial charge in [-0.3, -0.25) is 4.79 Å². The molecule has 0 bridgehead atoms. The van der Waals surface area contributed by atoms with Crippen LogP contribution < -0.4 is 10.2 Å². The van der Waals surface area contributed by atoms with Crippen LogP contribution in [0.5, 0.6) is 0 Å². The van der Waals surface area contributed by atoms with Gasteiger partial charge < -0.3 is 19.1 Å². The Morgan fingerprint density at radius 2 is 1.97 bits per heavy atom. The Labute approximate surface area is 168 Å². The first-order chi connectivity index (χ1) is 13.8. The molecule has 0 aliphatic carbocycles. The van der Waals surface area contributed by atoms with Crippen LogP contribution in [0.3, 0.4) is 0 Å². The summed E-state index contributed by atoms with van der Waals surface area (Å²) in [5, 5.41) is 3.23. The fourth-order valence-electron chi connectivity index (χ4n) is 3.29. The maximum absolute atomic E-state index is 12.6. The number of nitrogens with one attached hydrogen (secondary N) is 1. The van der Waals surface area contributed by atoms with E-state index in [1.165, 1.54) is 0 Å². The molecule has 1 aliphatic rings. The highest BCUT2D eigenvalue weighted by molar-refractivity contribution is 6.31. The molecule has 0 atom stereocenters. The van der Waals surface area contributed by atoms with Gasteiger partial charge in [-0.05, 0) is 49.1 Å². The Hall–Kier alpha value is -2.68. The number of oxazole rings is 1. The minimum Gasteiger partial charge on any atom is -0.446 e. The Balaban J connectivity index is 1.29. The van der Waals surface area contributed by atoms with Gasteiger partial charge in [-0.15, -0.1) is 0 Å². The van der Waals surface area contributed by atoms with Crippen LogP contribution >= 0.6 is 11.6 Å². The molecule has 0 saturated carbocycles. The molecular formula is C19H17ClF3N3O3. The maximum atomic E-state index is 12.6. The Bertz CT molecular complexity index is 1020. The number of carbonyl (C=O) groups is 1. The fraction of sp³-hybridized carbons (Fsp3) is 0.368. The van der Waals surface area contributed by atoms with E-state index in [2.05, 4.69) is 14.7 Å². The van der Waals surface area contributed by atoms with Gasteiger partial charge in [0.15, 0.2) is 11.3 Å². The molecule has 10 heteroatoms. The minimum absolute atomic E-state index is 0.200. The van der Waals surface area contributed by atoms with Gasteiger partial charge in [-0.1, -0.05) is 11.6 Å². The largest absolute Gasteiger partial charge is 0.449 e.